The first-order valence-corrected chi connectivity index (χ1v) is 21.1. The van der Waals surface area contributed by atoms with Gasteiger partial charge in [0.1, 0.15) is 12.1 Å². The van der Waals surface area contributed by atoms with Crippen molar-refractivity contribution in [2.45, 2.75) is 129 Å². The fourth-order valence-electron chi connectivity index (χ4n) is 8.84. The van der Waals surface area contributed by atoms with Gasteiger partial charge in [-0.3, -0.25) is 19.2 Å². The van der Waals surface area contributed by atoms with Gasteiger partial charge in [-0.15, -0.1) is 6.58 Å². The molecule has 1 aromatic carbocycles. The number of rotatable bonds is 15. The molecule has 0 radical (unpaired) electrons. The average molecular weight is 769 g/mol. The standard InChI is InChI=1S/C40H60N6O7S/c1-8-10-19-28(33(47)36(49)41-21-9-2)42-35(48)32-31-27(40(31,6)7)23-46(32)37(50)34(39(3,4)5)44-38(51)43-29(25-16-12-11-13-17-25)24-45-22-26-18-14-15-20-30(26)54(45,52)53/h9,14-15,18,20,25,27-29,31-32,34H,2,8,10-13,16-17,19,21-24H2,1,3-7H3,(H,41,49)(H,42,48)(H2,43,44,51)/t27-,28?,29+,31-,32?,34+/m0/s1. The first-order valence-electron chi connectivity index (χ1n) is 19.6. The molecule has 13 nitrogen and oxygen atoms in total. The smallest absolute Gasteiger partial charge is 0.315 e. The SMILES string of the molecule is C=CCNC(=O)C(=O)C(CCCC)NC(=O)C1[C@@H]2[C@H](CN1C(=O)[C@@H](NC(=O)N[C@H](CN1Cc3ccccc3S1(=O)=O)C1CCCCC1)C(C)(C)C)C2(C)C. The number of unbranched alkanes of at least 4 members (excludes halogenated alkanes) is 1. The zero-order valence-electron chi connectivity index (χ0n) is 32.8. The molecule has 14 heteroatoms. The molecule has 5 amide bonds. The molecule has 1 saturated heterocycles. The highest BCUT2D eigenvalue weighted by Gasteiger charge is 2.70. The summed E-state index contributed by atoms with van der Waals surface area (Å²) in [6, 6.07) is 2.93. The van der Waals surface area contributed by atoms with Gasteiger partial charge in [0.2, 0.25) is 27.6 Å². The second-order valence-electron chi connectivity index (χ2n) is 17.3. The van der Waals surface area contributed by atoms with E-state index in [-0.39, 0.29) is 54.1 Å². The molecule has 2 aliphatic carbocycles. The lowest BCUT2D eigenvalue weighted by molar-refractivity contribution is -0.145. The zero-order chi connectivity index (χ0) is 39.6. The van der Waals surface area contributed by atoms with Crippen LogP contribution in [0.2, 0.25) is 0 Å². The van der Waals surface area contributed by atoms with Crippen LogP contribution in [-0.4, -0.2) is 91.0 Å². The Morgan fingerprint density at radius 2 is 1.70 bits per heavy atom. The monoisotopic (exact) mass is 768 g/mol. The summed E-state index contributed by atoms with van der Waals surface area (Å²) in [7, 11) is -3.72. The third kappa shape index (κ3) is 8.69. The van der Waals surface area contributed by atoms with Crippen LogP contribution in [-0.2, 0) is 35.7 Å². The maximum absolute atomic E-state index is 14.6. The van der Waals surface area contributed by atoms with E-state index in [9.17, 15) is 32.4 Å². The van der Waals surface area contributed by atoms with Crippen molar-refractivity contribution in [2.24, 2.45) is 28.6 Å². The van der Waals surface area contributed by atoms with Crippen LogP contribution >= 0.6 is 0 Å². The number of benzene rings is 1. The van der Waals surface area contributed by atoms with E-state index in [1.807, 2.05) is 39.8 Å². The van der Waals surface area contributed by atoms with E-state index in [0.29, 0.717) is 13.0 Å². The van der Waals surface area contributed by atoms with Crippen LogP contribution in [0.5, 0.6) is 0 Å². The van der Waals surface area contributed by atoms with Crippen molar-refractivity contribution in [3.63, 3.8) is 0 Å². The van der Waals surface area contributed by atoms with Gasteiger partial charge in [-0.25, -0.2) is 13.2 Å². The van der Waals surface area contributed by atoms with Crippen molar-refractivity contribution in [1.29, 1.82) is 0 Å². The summed E-state index contributed by atoms with van der Waals surface area (Å²) in [5.41, 5.74) is -0.250. The predicted molar refractivity (Wildman–Crippen MR) is 205 cm³/mol. The molecular formula is C40H60N6O7S. The number of hydrogen-bond donors (Lipinski definition) is 4. The Morgan fingerprint density at radius 3 is 2.33 bits per heavy atom. The quantitative estimate of drug-likeness (QED) is 0.155. The molecule has 2 unspecified atom stereocenters. The number of sulfonamides is 1. The van der Waals surface area contributed by atoms with Gasteiger partial charge < -0.3 is 26.2 Å². The minimum atomic E-state index is -3.72. The van der Waals surface area contributed by atoms with Crippen molar-refractivity contribution < 1.29 is 32.4 Å². The zero-order valence-corrected chi connectivity index (χ0v) is 33.6. The van der Waals surface area contributed by atoms with Crippen LogP contribution in [0.3, 0.4) is 0 Å². The molecule has 0 bridgehead atoms. The molecular weight excluding hydrogens is 709 g/mol. The third-order valence-corrected chi connectivity index (χ3v) is 14.0. The van der Waals surface area contributed by atoms with E-state index in [1.165, 1.54) is 15.3 Å². The molecule has 1 aromatic rings. The number of urea groups is 1. The van der Waals surface area contributed by atoms with Gasteiger partial charge in [0, 0.05) is 32.2 Å². The number of nitrogens with one attached hydrogen (secondary N) is 4. The highest BCUT2D eigenvalue weighted by Crippen LogP contribution is 2.65. The van der Waals surface area contributed by atoms with E-state index in [2.05, 4.69) is 41.7 Å². The Kier molecular flexibility index (Phi) is 12.7. The number of Topliss-reactive ketones (excluding diaryl/α,β-unsaturated/α-hetero) is 1. The molecule has 6 atom stereocenters. The number of carbonyl (C=O) groups excluding carboxylic acids is 5. The molecule has 2 saturated carbocycles. The second-order valence-corrected chi connectivity index (χ2v) is 19.2. The molecule has 54 heavy (non-hydrogen) atoms. The van der Waals surface area contributed by atoms with Crippen molar-refractivity contribution in [1.82, 2.24) is 30.5 Å². The first-order chi connectivity index (χ1) is 25.4. The average Bonchev–Trinajstić information content (AvgIpc) is 3.38. The minimum absolute atomic E-state index is 0.0505. The maximum Gasteiger partial charge on any atom is 0.315 e. The van der Waals surface area contributed by atoms with E-state index < -0.39 is 69.1 Å². The third-order valence-electron chi connectivity index (χ3n) is 12.1. The summed E-state index contributed by atoms with van der Waals surface area (Å²) in [4.78, 5) is 70.3. The van der Waals surface area contributed by atoms with Gasteiger partial charge in [0.25, 0.3) is 5.91 Å². The van der Waals surface area contributed by atoms with Crippen molar-refractivity contribution >= 4 is 39.6 Å². The van der Waals surface area contributed by atoms with Gasteiger partial charge in [-0.1, -0.05) is 97.9 Å². The number of ketones is 1. The topological polar surface area (TPSA) is 174 Å². The Labute approximate surface area is 320 Å². The predicted octanol–water partition coefficient (Wildman–Crippen LogP) is 3.88. The number of nitrogens with zero attached hydrogens (tertiary/aromatic N) is 2. The van der Waals surface area contributed by atoms with Gasteiger partial charge in [0.05, 0.1) is 10.9 Å². The number of fused-ring (bicyclic) bond motifs is 2. The summed E-state index contributed by atoms with van der Waals surface area (Å²) in [6.45, 7) is 16.0. The van der Waals surface area contributed by atoms with Crippen molar-refractivity contribution in [3.05, 3.63) is 42.5 Å². The normalized spacial score (nSPS) is 24.6. The lowest BCUT2D eigenvalue weighted by atomic mass is 9.83. The van der Waals surface area contributed by atoms with Crippen LogP contribution in [0.15, 0.2) is 41.8 Å². The molecule has 4 aliphatic rings. The molecule has 2 aliphatic heterocycles. The van der Waals surface area contributed by atoms with Gasteiger partial charge in [-0.2, -0.15) is 4.31 Å². The Morgan fingerprint density at radius 1 is 1.02 bits per heavy atom. The second kappa shape index (κ2) is 16.5. The molecule has 0 aromatic heterocycles. The Bertz CT molecular complexity index is 1720. The van der Waals surface area contributed by atoms with Gasteiger partial charge in [-0.05, 0) is 59.5 Å². The Balaban J connectivity index is 1.34. The number of amides is 5. The fourth-order valence-corrected chi connectivity index (χ4v) is 10.5. The van der Waals surface area contributed by atoms with Gasteiger partial charge >= 0.3 is 6.03 Å². The van der Waals surface area contributed by atoms with E-state index in [1.54, 1.807) is 12.1 Å². The summed E-state index contributed by atoms with van der Waals surface area (Å²) < 4.78 is 28.4. The van der Waals surface area contributed by atoms with Crippen LogP contribution in [0.25, 0.3) is 0 Å². The molecule has 3 fully saturated rings. The van der Waals surface area contributed by atoms with E-state index >= 15 is 0 Å². The summed E-state index contributed by atoms with van der Waals surface area (Å²) in [5.74, 6) is -2.49. The largest absolute Gasteiger partial charge is 0.346 e. The summed E-state index contributed by atoms with van der Waals surface area (Å²) >= 11 is 0. The maximum atomic E-state index is 14.6. The highest BCUT2D eigenvalue weighted by atomic mass is 32.2. The molecule has 2 heterocycles. The summed E-state index contributed by atoms with van der Waals surface area (Å²) in [5, 5.41) is 11.4. The van der Waals surface area contributed by atoms with Crippen LogP contribution < -0.4 is 21.3 Å². The fraction of sp³-hybridized carbons (Fsp3) is 0.675. The summed E-state index contributed by atoms with van der Waals surface area (Å²) in [6.07, 6.45) is 7.88. The van der Waals surface area contributed by atoms with Crippen LogP contribution in [0, 0.1) is 28.6 Å². The molecule has 4 N–H and O–H groups in total. The first kappa shape index (κ1) is 41.4. The minimum Gasteiger partial charge on any atom is -0.346 e. The number of likely N-dealkylation sites (tertiary alicyclic amines) is 1. The number of hydrogen-bond acceptors (Lipinski definition) is 7. The van der Waals surface area contributed by atoms with E-state index in [4.69, 9.17) is 0 Å². The van der Waals surface area contributed by atoms with Crippen molar-refractivity contribution in [2.75, 3.05) is 19.6 Å². The lowest BCUT2D eigenvalue weighted by Gasteiger charge is -2.38. The van der Waals surface area contributed by atoms with Crippen LogP contribution in [0.1, 0.15) is 98.5 Å². The number of piperidine rings is 1. The molecule has 0 spiro atoms. The number of carbonyl (C=O) groups is 5. The van der Waals surface area contributed by atoms with E-state index in [0.717, 1.165) is 44.1 Å². The van der Waals surface area contributed by atoms with Gasteiger partial charge in [0.15, 0.2) is 0 Å². The van der Waals surface area contributed by atoms with Crippen molar-refractivity contribution in [3.8, 4) is 0 Å². The molecule has 298 valence electrons. The lowest BCUT2D eigenvalue weighted by Crippen LogP contribution is -2.62. The highest BCUT2D eigenvalue weighted by molar-refractivity contribution is 7.89. The van der Waals surface area contributed by atoms with Crippen LogP contribution in [0.4, 0.5) is 4.79 Å². The Hall–Kier alpha value is -3.78. The molecule has 5 rings (SSSR count).